The molecule has 150 valence electrons. The van der Waals surface area contributed by atoms with Gasteiger partial charge in [-0.25, -0.2) is 4.98 Å². The maximum atomic E-state index is 12.8. The van der Waals surface area contributed by atoms with E-state index in [1.165, 1.54) is 23.0 Å². The number of cyclic esters (lactones) is 1. The lowest BCUT2D eigenvalue weighted by Crippen LogP contribution is -2.48. The molecule has 5 rings (SSSR count). The minimum atomic E-state index is -0.261. The summed E-state index contributed by atoms with van der Waals surface area (Å²) < 4.78 is 7.99. The van der Waals surface area contributed by atoms with E-state index in [0.717, 1.165) is 43.4 Å². The Morgan fingerprint density at radius 2 is 1.89 bits per heavy atom. The van der Waals surface area contributed by atoms with Gasteiger partial charge in [-0.3, -0.25) is 9.69 Å². The highest BCUT2D eigenvalue weighted by Gasteiger charge is 2.50. The van der Waals surface area contributed by atoms with Crippen molar-refractivity contribution in [3.63, 3.8) is 0 Å². The van der Waals surface area contributed by atoms with Gasteiger partial charge in [0.25, 0.3) is 0 Å². The number of likely N-dealkylation sites (tertiary alicyclic amines) is 1. The minimum Gasteiger partial charge on any atom is -0.460 e. The Morgan fingerprint density at radius 1 is 1.14 bits per heavy atom. The Balaban J connectivity index is 1.23. The van der Waals surface area contributed by atoms with Crippen LogP contribution < -0.4 is 0 Å². The zero-order valence-corrected chi connectivity index (χ0v) is 17.7. The Bertz CT molecular complexity index is 839. The van der Waals surface area contributed by atoms with Crippen LogP contribution in [0.1, 0.15) is 19.3 Å². The quantitative estimate of drug-likeness (QED) is 0.715. The molecular weight excluding hydrogens is 390 g/mol. The topological polar surface area (TPSA) is 47.4 Å². The number of ether oxygens (including phenoxy) is 1. The first-order chi connectivity index (χ1) is 13.7. The number of hydrogen-bond acceptors (Lipinski definition) is 6. The van der Waals surface area contributed by atoms with Crippen LogP contribution in [0.25, 0.3) is 11.0 Å². The number of nitrogens with zero attached hydrogens (tertiary/aromatic N) is 3. The lowest BCUT2D eigenvalue weighted by Gasteiger charge is -2.40. The van der Waals surface area contributed by atoms with Crippen molar-refractivity contribution in [1.29, 1.82) is 0 Å². The molecule has 3 aliphatic rings. The van der Waals surface area contributed by atoms with Crippen molar-refractivity contribution in [2.75, 3.05) is 36.1 Å². The molecule has 1 atom stereocenters. The van der Waals surface area contributed by atoms with Crippen LogP contribution in [0, 0.1) is 5.41 Å². The second-order valence-electron chi connectivity index (χ2n) is 8.24. The van der Waals surface area contributed by atoms with Crippen LogP contribution in [0.2, 0.25) is 0 Å². The van der Waals surface area contributed by atoms with Crippen LogP contribution in [0.15, 0.2) is 30.6 Å². The van der Waals surface area contributed by atoms with Crippen LogP contribution in [0.3, 0.4) is 0 Å². The lowest BCUT2D eigenvalue weighted by atomic mass is 9.76. The Kier molecular flexibility index (Phi) is 5.32. The highest BCUT2D eigenvalue weighted by atomic mass is 32.2. The molecule has 3 fully saturated rings. The molecule has 0 radical (unpaired) electrons. The number of carbonyl (C=O) groups is 1. The first-order valence-corrected chi connectivity index (χ1v) is 12.5. The van der Waals surface area contributed by atoms with Crippen LogP contribution in [0.5, 0.6) is 0 Å². The normalized spacial score (nSPS) is 26.6. The van der Waals surface area contributed by atoms with E-state index in [4.69, 9.17) is 4.74 Å². The molecular formula is C21H27N3O2S2. The summed E-state index contributed by atoms with van der Waals surface area (Å²) in [4.78, 5) is 19.9. The third kappa shape index (κ3) is 3.57. The van der Waals surface area contributed by atoms with Gasteiger partial charge in [0.1, 0.15) is 6.10 Å². The molecule has 28 heavy (non-hydrogen) atoms. The van der Waals surface area contributed by atoms with E-state index < -0.39 is 0 Å². The number of piperidine rings is 1. The number of benzene rings is 1. The molecule has 0 aliphatic carbocycles. The molecule has 1 aromatic carbocycles. The average molecular weight is 418 g/mol. The Labute approximate surface area is 174 Å². The number of fused-ring (bicyclic) bond motifs is 1. The molecule has 3 saturated heterocycles. The smallest absolute Gasteiger partial charge is 0.312 e. The van der Waals surface area contributed by atoms with Crippen LogP contribution in [0.4, 0.5) is 0 Å². The maximum Gasteiger partial charge on any atom is 0.312 e. The average Bonchev–Trinajstić information content (AvgIpc) is 3.11. The first kappa shape index (κ1) is 18.8. The van der Waals surface area contributed by atoms with Crippen molar-refractivity contribution in [2.24, 2.45) is 5.41 Å². The van der Waals surface area contributed by atoms with Crippen molar-refractivity contribution in [2.45, 2.75) is 38.0 Å². The number of para-hydroxylation sites is 2. The Morgan fingerprint density at radius 3 is 2.68 bits per heavy atom. The molecule has 3 aliphatic heterocycles. The van der Waals surface area contributed by atoms with Crippen LogP contribution >= 0.6 is 23.5 Å². The van der Waals surface area contributed by atoms with Gasteiger partial charge < -0.3 is 9.30 Å². The van der Waals surface area contributed by atoms with Crippen molar-refractivity contribution in [3.05, 3.63) is 30.6 Å². The number of aromatic nitrogens is 2. The molecule has 4 heterocycles. The van der Waals surface area contributed by atoms with Gasteiger partial charge >= 0.3 is 5.97 Å². The van der Waals surface area contributed by atoms with E-state index >= 15 is 0 Å². The summed E-state index contributed by atoms with van der Waals surface area (Å²) in [6, 6.07) is 8.80. The van der Waals surface area contributed by atoms with E-state index in [1.54, 1.807) is 0 Å². The van der Waals surface area contributed by atoms with E-state index in [9.17, 15) is 4.79 Å². The molecule has 0 saturated carbocycles. The van der Waals surface area contributed by atoms with Gasteiger partial charge in [-0.15, -0.1) is 0 Å². The molecule has 7 heteroatoms. The molecule has 0 N–H and O–H groups in total. The van der Waals surface area contributed by atoms with Crippen molar-refractivity contribution in [3.8, 4) is 0 Å². The maximum absolute atomic E-state index is 12.8. The van der Waals surface area contributed by atoms with Gasteiger partial charge in [-0.05, 0) is 38.1 Å². The summed E-state index contributed by atoms with van der Waals surface area (Å²) in [5.74, 6) is 5.05. The molecule has 0 amide bonds. The predicted octanol–water partition coefficient (Wildman–Crippen LogP) is 3.28. The van der Waals surface area contributed by atoms with Crippen molar-refractivity contribution >= 4 is 40.5 Å². The van der Waals surface area contributed by atoms with Gasteiger partial charge in [0.15, 0.2) is 0 Å². The molecule has 1 unspecified atom stereocenters. The second-order valence-corrected chi connectivity index (χ2v) is 10.5. The summed E-state index contributed by atoms with van der Waals surface area (Å²) >= 11 is 4.16. The van der Waals surface area contributed by atoms with Gasteiger partial charge in [-0.2, -0.15) is 23.5 Å². The minimum absolute atomic E-state index is 0.0335. The van der Waals surface area contributed by atoms with Gasteiger partial charge in [0.2, 0.25) is 0 Å². The van der Waals surface area contributed by atoms with Crippen LogP contribution in [-0.2, 0) is 16.1 Å². The van der Waals surface area contributed by atoms with Crippen LogP contribution in [-0.4, -0.2) is 68.7 Å². The van der Waals surface area contributed by atoms with Gasteiger partial charge in [0.05, 0.1) is 29.3 Å². The highest BCUT2D eigenvalue weighted by Crippen LogP contribution is 2.44. The molecule has 1 aromatic heterocycles. The van der Waals surface area contributed by atoms with E-state index in [-0.39, 0.29) is 17.5 Å². The van der Waals surface area contributed by atoms with E-state index in [1.807, 2.05) is 24.5 Å². The molecule has 2 aromatic rings. The molecule has 5 nitrogen and oxygen atoms in total. The summed E-state index contributed by atoms with van der Waals surface area (Å²) in [6.07, 6.45) is 4.56. The summed E-state index contributed by atoms with van der Waals surface area (Å²) in [5, 5.41) is 0. The number of rotatable bonds is 3. The lowest BCUT2D eigenvalue weighted by molar-refractivity contribution is -0.151. The van der Waals surface area contributed by atoms with Crippen molar-refractivity contribution < 1.29 is 9.53 Å². The zero-order chi connectivity index (χ0) is 19.0. The summed E-state index contributed by atoms with van der Waals surface area (Å²) in [6.45, 7) is 2.76. The monoisotopic (exact) mass is 417 g/mol. The SMILES string of the molecule is O=C1OC(Cn2cnc3ccccc32)CC12CCN(C1CSCCSC1)CC2. The zero-order valence-electron chi connectivity index (χ0n) is 16.1. The fourth-order valence-electron chi connectivity index (χ4n) is 4.86. The number of carbonyl (C=O) groups excluding carboxylic acids is 1. The highest BCUT2D eigenvalue weighted by molar-refractivity contribution is 8.03. The third-order valence-electron chi connectivity index (χ3n) is 6.52. The fourth-order valence-corrected chi connectivity index (χ4v) is 7.48. The second kappa shape index (κ2) is 7.92. The summed E-state index contributed by atoms with van der Waals surface area (Å²) in [7, 11) is 0. The summed E-state index contributed by atoms with van der Waals surface area (Å²) in [5.41, 5.74) is 1.84. The largest absolute Gasteiger partial charge is 0.460 e. The number of imidazole rings is 1. The molecule has 0 bridgehead atoms. The van der Waals surface area contributed by atoms with Gasteiger partial charge in [-0.1, -0.05) is 12.1 Å². The predicted molar refractivity (Wildman–Crippen MR) is 116 cm³/mol. The number of hydrogen-bond donors (Lipinski definition) is 0. The van der Waals surface area contributed by atoms with E-state index in [2.05, 4.69) is 44.0 Å². The third-order valence-corrected chi connectivity index (χ3v) is 9.00. The van der Waals surface area contributed by atoms with E-state index in [0.29, 0.717) is 12.6 Å². The van der Waals surface area contributed by atoms with Crippen molar-refractivity contribution in [1.82, 2.24) is 14.5 Å². The molecule has 1 spiro atoms. The van der Waals surface area contributed by atoms with Gasteiger partial charge in [0, 0.05) is 35.5 Å². The number of thioether (sulfide) groups is 2. The first-order valence-electron chi connectivity index (χ1n) is 10.2. The number of esters is 1. The Hall–Kier alpha value is -1.18. The fraction of sp³-hybridized carbons (Fsp3) is 0.619. The standard InChI is InChI=1S/C21H27N3O2S2/c25-20-21(5-7-23(8-6-21)16-13-27-9-10-28-14-16)11-17(26-20)12-24-15-22-18-3-1-2-4-19(18)24/h1-4,15-17H,5-14H2.